The van der Waals surface area contributed by atoms with Crippen LogP contribution in [0.5, 0.6) is 11.5 Å². The van der Waals surface area contributed by atoms with E-state index in [1.54, 1.807) is 19.1 Å². The van der Waals surface area contributed by atoms with Gasteiger partial charge in [-0.25, -0.2) is 0 Å². The van der Waals surface area contributed by atoms with Crippen molar-refractivity contribution in [2.45, 2.75) is 20.1 Å². The first-order chi connectivity index (χ1) is 13.4. The molecule has 1 amide bonds. The number of furan rings is 1. The molecule has 0 saturated heterocycles. The lowest BCUT2D eigenvalue weighted by atomic mass is 10.2. The fourth-order valence-electron chi connectivity index (χ4n) is 2.40. The lowest BCUT2D eigenvalue weighted by Crippen LogP contribution is -2.12. The number of amides is 1. The number of rotatable bonds is 7. The van der Waals surface area contributed by atoms with E-state index in [0.29, 0.717) is 22.8 Å². The summed E-state index contributed by atoms with van der Waals surface area (Å²) in [5, 5.41) is 2.68. The van der Waals surface area contributed by atoms with Crippen LogP contribution >= 0.6 is 22.6 Å². The van der Waals surface area contributed by atoms with Crippen LogP contribution in [0.3, 0.4) is 0 Å². The van der Waals surface area contributed by atoms with Crippen LogP contribution in [0.15, 0.2) is 59.0 Å². The molecule has 0 atom stereocenters. The number of nitrogens with one attached hydrogen (secondary N) is 1. The van der Waals surface area contributed by atoms with Gasteiger partial charge in [0.2, 0.25) is 0 Å². The summed E-state index contributed by atoms with van der Waals surface area (Å²) < 4.78 is 41.1. The van der Waals surface area contributed by atoms with Crippen LogP contribution in [0.2, 0.25) is 0 Å². The number of benzene rings is 2. The highest BCUT2D eigenvalue weighted by atomic mass is 127. The summed E-state index contributed by atoms with van der Waals surface area (Å²) in [6.07, 6.45) is 0. The molecule has 5 nitrogen and oxygen atoms in total. The molecule has 0 bridgehead atoms. The molecule has 3 aromatic rings. The summed E-state index contributed by atoms with van der Waals surface area (Å²) in [5.74, 6) is 0.892. The van der Waals surface area contributed by atoms with Gasteiger partial charge in [-0.15, -0.1) is 0 Å². The summed E-state index contributed by atoms with van der Waals surface area (Å²) in [4.78, 5) is 12.4. The molecule has 0 aliphatic heterocycles. The number of hydrogen-bond donors (Lipinski definition) is 1. The molecule has 146 valence electrons. The Morgan fingerprint density at radius 3 is 2.50 bits per heavy atom. The Labute approximate surface area is 173 Å². The maximum Gasteiger partial charge on any atom is 0.387 e. The van der Waals surface area contributed by atoms with Crippen LogP contribution in [0.4, 0.5) is 14.5 Å². The second-order valence-corrected chi connectivity index (χ2v) is 7.06. The first-order valence-corrected chi connectivity index (χ1v) is 9.32. The minimum Gasteiger partial charge on any atom is -0.486 e. The average Bonchev–Trinajstić information content (AvgIpc) is 3.12. The normalized spacial score (nSPS) is 10.8. The monoisotopic (exact) mass is 499 g/mol. The lowest BCUT2D eigenvalue weighted by Gasteiger charge is -2.10. The summed E-state index contributed by atoms with van der Waals surface area (Å²) >= 11 is 2.21. The number of carbonyl (C=O) groups is 1. The van der Waals surface area contributed by atoms with Crippen LogP contribution in [0.25, 0.3) is 0 Å². The molecule has 0 spiro atoms. The number of aryl methyl sites for hydroxylation is 1. The SMILES string of the molecule is Cc1cc(OC(F)F)ccc1NC(=O)c1ccc(COc2ccc(I)cc2)o1. The molecule has 8 heteroatoms. The zero-order valence-corrected chi connectivity index (χ0v) is 16.9. The van der Waals surface area contributed by atoms with Crippen molar-refractivity contribution < 1.29 is 27.5 Å². The number of alkyl halides is 2. The molecule has 1 N–H and O–H groups in total. The van der Waals surface area contributed by atoms with Crippen molar-refractivity contribution in [2.24, 2.45) is 0 Å². The molecule has 28 heavy (non-hydrogen) atoms. The van der Waals surface area contributed by atoms with Crippen LogP contribution in [-0.4, -0.2) is 12.5 Å². The fourth-order valence-corrected chi connectivity index (χ4v) is 2.76. The molecule has 2 aromatic carbocycles. The number of carbonyl (C=O) groups excluding carboxylic acids is 1. The Morgan fingerprint density at radius 1 is 1.11 bits per heavy atom. The van der Waals surface area contributed by atoms with E-state index in [1.165, 1.54) is 18.2 Å². The van der Waals surface area contributed by atoms with Crippen molar-refractivity contribution >= 4 is 34.2 Å². The van der Waals surface area contributed by atoms with Crippen LogP contribution in [0, 0.1) is 10.5 Å². The smallest absolute Gasteiger partial charge is 0.387 e. The molecular formula is C20H16F2INO4. The number of anilines is 1. The molecular weight excluding hydrogens is 483 g/mol. The molecule has 1 aromatic heterocycles. The molecule has 3 rings (SSSR count). The Kier molecular flexibility index (Phi) is 6.50. The molecule has 0 radical (unpaired) electrons. The molecule has 0 saturated carbocycles. The number of ether oxygens (including phenoxy) is 2. The van der Waals surface area contributed by atoms with E-state index >= 15 is 0 Å². The number of halogens is 3. The largest absolute Gasteiger partial charge is 0.486 e. The highest BCUT2D eigenvalue weighted by molar-refractivity contribution is 14.1. The van der Waals surface area contributed by atoms with Crippen molar-refractivity contribution in [1.29, 1.82) is 0 Å². The third-order valence-corrected chi connectivity index (χ3v) is 4.47. The zero-order valence-electron chi connectivity index (χ0n) is 14.7. The van der Waals surface area contributed by atoms with Crippen LogP contribution in [-0.2, 0) is 6.61 Å². The second kappa shape index (κ2) is 9.05. The number of hydrogen-bond acceptors (Lipinski definition) is 4. The van der Waals surface area contributed by atoms with Gasteiger partial charge in [-0.05, 0) is 89.7 Å². The first-order valence-electron chi connectivity index (χ1n) is 8.24. The lowest BCUT2D eigenvalue weighted by molar-refractivity contribution is -0.0498. The van der Waals surface area contributed by atoms with Crippen molar-refractivity contribution in [2.75, 3.05) is 5.32 Å². The van der Waals surface area contributed by atoms with E-state index in [9.17, 15) is 13.6 Å². The highest BCUT2D eigenvalue weighted by Crippen LogP contribution is 2.24. The summed E-state index contributed by atoms with van der Waals surface area (Å²) in [6.45, 7) is -1.04. The fraction of sp³-hybridized carbons (Fsp3) is 0.150. The van der Waals surface area contributed by atoms with Gasteiger partial charge >= 0.3 is 6.61 Å². The second-order valence-electron chi connectivity index (χ2n) is 5.82. The molecule has 0 aliphatic carbocycles. The van der Waals surface area contributed by atoms with Gasteiger partial charge in [0.15, 0.2) is 5.76 Å². The van der Waals surface area contributed by atoms with E-state index < -0.39 is 12.5 Å². The predicted molar refractivity (Wildman–Crippen MR) is 108 cm³/mol. The first kappa shape index (κ1) is 20.1. The Balaban J connectivity index is 1.60. The third-order valence-electron chi connectivity index (χ3n) is 3.75. The predicted octanol–water partition coefficient (Wildman–Crippen LogP) is 5.63. The maximum absolute atomic E-state index is 12.4. The van der Waals surface area contributed by atoms with Gasteiger partial charge in [-0.3, -0.25) is 4.79 Å². The average molecular weight is 499 g/mol. The Hall–Kier alpha value is -2.62. The quantitative estimate of drug-likeness (QED) is 0.429. The van der Waals surface area contributed by atoms with Gasteiger partial charge in [-0.2, -0.15) is 8.78 Å². The van der Waals surface area contributed by atoms with Gasteiger partial charge in [0.25, 0.3) is 5.91 Å². The van der Waals surface area contributed by atoms with E-state index in [0.717, 1.165) is 3.57 Å². The summed E-state index contributed by atoms with van der Waals surface area (Å²) in [5.41, 5.74) is 1.06. The summed E-state index contributed by atoms with van der Waals surface area (Å²) in [7, 11) is 0. The van der Waals surface area contributed by atoms with E-state index in [4.69, 9.17) is 9.15 Å². The Bertz CT molecular complexity index is 957. The zero-order chi connectivity index (χ0) is 20.1. The van der Waals surface area contributed by atoms with Crippen molar-refractivity contribution in [3.05, 3.63) is 75.3 Å². The third kappa shape index (κ3) is 5.44. The maximum atomic E-state index is 12.4. The standard InChI is InChI=1S/C20H16F2INO4/c1-12-10-15(28-20(21)22)6-8-17(12)24-19(25)18-9-7-16(27-18)11-26-14-4-2-13(23)3-5-14/h2-10,20H,11H2,1H3,(H,24,25). The molecule has 0 aliphatic rings. The van der Waals surface area contributed by atoms with E-state index in [2.05, 4.69) is 32.6 Å². The van der Waals surface area contributed by atoms with Gasteiger partial charge in [0.1, 0.15) is 23.9 Å². The summed E-state index contributed by atoms with van der Waals surface area (Å²) in [6, 6.07) is 15.0. The van der Waals surface area contributed by atoms with Crippen LogP contribution in [0.1, 0.15) is 21.9 Å². The topological polar surface area (TPSA) is 60.7 Å². The van der Waals surface area contributed by atoms with Gasteiger partial charge in [0, 0.05) is 9.26 Å². The van der Waals surface area contributed by atoms with E-state index in [-0.39, 0.29) is 18.1 Å². The van der Waals surface area contributed by atoms with Gasteiger partial charge in [0.05, 0.1) is 0 Å². The molecule has 0 fully saturated rings. The van der Waals surface area contributed by atoms with Crippen molar-refractivity contribution in [1.82, 2.24) is 0 Å². The van der Waals surface area contributed by atoms with Crippen molar-refractivity contribution in [3.63, 3.8) is 0 Å². The minimum atomic E-state index is -2.90. The highest BCUT2D eigenvalue weighted by Gasteiger charge is 2.14. The minimum absolute atomic E-state index is 0.0264. The Morgan fingerprint density at radius 2 is 1.82 bits per heavy atom. The van der Waals surface area contributed by atoms with Gasteiger partial charge in [-0.1, -0.05) is 0 Å². The van der Waals surface area contributed by atoms with Crippen LogP contribution < -0.4 is 14.8 Å². The van der Waals surface area contributed by atoms with Gasteiger partial charge < -0.3 is 19.2 Å². The van der Waals surface area contributed by atoms with Crippen molar-refractivity contribution in [3.8, 4) is 11.5 Å². The molecule has 0 unspecified atom stereocenters. The van der Waals surface area contributed by atoms with E-state index in [1.807, 2.05) is 24.3 Å². The molecule has 1 heterocycles.